The van der Waals surface area contributed by atoms with Gasteiger partial charge in [-0.2, -0.15) is 13.2 Å². The first-order valence-corrected chi connectivity index (χ1v) is 5.78. The number of esters is 1. The van der Waals surface area contributed by atoms with Crippen molar-refractivity contribution in [3.8, 4) is 5.75 Å². The average Bonchev–Trinajstić information content (AvgIpc) is 2.44. The van der Waals surface area contributed by atoms with Gasteiger partial charge in [0, 0.05) is 11.6 Å². The Bertz CT molecular complexity index is 686. The summed E-state index contributed by atoms with van der Waals surface area (Å²) in [6.07, 6.45) is -3.19. The zero-order valence-corrected chi connectivity index (χ0v) is 10.9. The Morgan fingerprint density at radius 2 is 2.10 bits per heavy atom. The van der Waals surface area contributed by atoms with E-state index < -0.39 is 18.8 Å². The van der Waals surface area contributed by atoms with Crippen molar-refractivity contribution in [3.63, 3.8) is 0 Å². The molecular formula is C13H11F3N2O3. The molecule has 0 saturated carbocycles. The SMILES string of the molecule is COC(=O)c1cnc2ccc(OCC(F)(F)F)cc2c1N. The van der Waals surface area contributed by atoms with E-state index in [1.54, 1.807) is 0 Å². The van der Waals surface area contributed by atoms with Crippen LogP contribution in [0.3, 0.4) is 0 Å². The number of rotatable bonds is 3. The highest BCUT2D eigenvalue weighted by Crippen LogP contribution is 2.28. The molecule has 1 aromatic heterocycles. The van der Waals surface area contributed by atoms with E-state index in [1.807, 2.05) is 0 Å². The van der Waals surface area contributed by atoms with Crippen LogP contribution in [0.25, 0.3) is 10.9 Å². The highest BCUT2D eigenvalue weighted by molar-refractivity contribution is 6.04. The largest absolute Gasteiger partial charge is 0.484 e. The zero-order valence-electron chi connectivity index (χ0n) is 10.9. The van der Waals surface area contributed by atoms with E-state index in [1.165, 1.54) is 31.5 Å². The lowest BCUT2D eigenvalue weighted by Crippen LogP contribution is -2.19. The quantitative estimate of drug-likeness (QED) is 0.882. The van der Waals surface area contributed by atoms with Crippen LogP contribution in [0.1, 0.15) is 10.4 Å². The number of anilines is 1. The molecule has 0 spiro atoms. The van der Waals surface area contributed by atoms with Crippen LogP contribution in [-0.4, -0.2) is 30.8 Å². The number of ether oxygens (including phenoxy) is 2. The van der Waals surface area contributed by atoms with Crippen molar-refractivity contribution in [2.75, 3.05) is 19.5 Å². The van der Waals surface area contributed by atoms with Crippen LogP contribution in [0.5, 0.6) is 5.75 Å². The van der Waals surface area contributed by atoms with Gasteiger partial charge in [0.15, 0.2) is 6.61 Å². The Morgan fingerprint density at radius 1 is 1.38 bits per heavy atom. The van der Waals surface area contributed by atoms with Crippen molar-refractivity contribution in [3.05, 3.63) is 30.0 Å². The second-order valence-corrected chi connectivity index (χ2v) is 4.16. The lowest BCUT2D eigenvalue weighted by Gasteiger charge is -2.11. The van der Waals surface area contributed by atoms with E-state index in [-0.39, 0.29) is 17.0 Å². The summed E-state index contributed by atoms with van der Waals surface area (Å²) in [4.78, 5) is 15.5. The maximum Gasteiger partial charge on any atom is 0.422 e. The molecule has 21 heavy (non-hydrogen) atoms. The molecular weight excluding hydrogens is 289 g/mol. The second-order valence-electron chi connectivity index (χ2n) is 4.16. The summed E-state index contributed by atoms with van der Waals surface area (Å²) in [6.45, 7) is -1.41. The van der Waals surface area contributed by atoms with Gasteiger partial charge in [-0.15, -0.1) is 0 Å². The normalized spacial score (nSPS) is 11.4. The molecule has 5 nitrogen and oxygen atoms in total. The second kappa shape index (κ2) is 5.47. The number of benzene rings is 1. The molecule has 2 rings (SSSR count). The van der Waals surface area contributed by atoms with Crippen molar-refractivity contribution < 1.29 is 27.4 Å². The lowest BCUT2D eigenvalue weighted by molar-refractivity contribution is -0.153. The number of nitrogens with two attached hydrogens (primary N) is 1. The number of methoxy groups -OCH3 is 1. The van der Waals surface area contributed by atoms with Gasteiger partial charge in [0.05, 0.1) is 18.3 Å². The molecule has 2 aromatic rings. The number of hydrogen-bond donors (Lipinski definition) is 1. The highest BCUT2D eigenvalue weighted by atomic mass is 19.4. The molecule has 0 aliphatic carbocycles. The fourth-order valence-corrected chi connectivity index (χ4v) is 1.72. The molecule has 0 aliphatic rings. The first-order chi connectivity index (χ1) is 9.81. The first-order valence-electron chi connectivity index (χ1n) is 5.78. The summed E-state index contributed by atoms with van der Waals surface area (Å²) in [5.74, 6) is -0.696. The monoisotopic (exact) mass is 300 g/mol. The lowest BCUT2D eigenvalue weighted by atomic mass is 10.1. The Morgan fingerprint density at radius 3 is 2.71 bits per heavy atom. The predicted octanol–water partition coefficient (Wildman–Crippen LogP) is 2.54. The van der Waals surface area contributed by atoms with Gasteiger partial charge in [-0.3, -0.25) is 4.98 Å². The fraction of sp³-hybridized carbons (Fsp3) is 0.231. The molecule has 0 radical (unpaired) electrons. The number of halogens is 3. The van der Waals surface area contributed by atoms with Gasteiger partial charge < -0.3 is 15.2 Å². The summed E-state index contributed by atoms with van der Waals surface area (Å²) < 4.78 is 45.6. The number of fused-ring (bicyclic) bond motifs is 1. The van der Waals surface area contributed by atoms with Crippen molar-refractivity contribution in [2.45, 2.75) is 6.18 Å². The van der Waals surface area contributed by atoms with Crippen LogP contribution < -0.4 is 10.5 Å². The number of nitrogens with zero attached hydrogens (tertiary/aromatic N) is 1. The van der Waals surface area contributed by atoms with Gasteiger partial charge >= 0.3 is 12.1 Å². The van der Waals surface area contributed by atoms with Crippen LogP contribution in [0.15, 0.2) is 24.4 Å². The molecule has 0 aliphatic heterocycles. The molecule has 0 fully saturated rings. The molecule has 2 N–H and O–H groups in total. The maximum absolute atomic E-state index is 12.1. The summed E-state index contributed by atoms with van der Waals surface area (Å²) in [6, 6.07) is 4.10. The molecule has 0 saturated heterocycles. The summed E-state index contributed by atoms with van der Waals surface area (Å²) in [7, 11) is 1.19. The van der Waals surface area contributed by atoms with Crippen molar-refractivity contribution in [1.82, 2.24) is 4.98 Å². The van der Waals surface area contributed by atoms with Crippen LogP contribution >= 0.6 is 0 Å². The Labute approximate surface area is 117 Å². The number of alkyl halides is 3. The number of pyridine rings is 1. The Kier molecular flexibility index (Phi) is 3.88. The number of aromatic nitrogens is 1. The van der Waals surface area contributed by atoms with Crippen molar-refractivity contribution >= 4 is 22.6 Å². The molecule has 8 heteroatoms. The third-order valence-electron chi connectivity index (χ3n) is 2.69. The van der Waals surface area contributed by atoms with Crippen LogP contribution in [0.2, 0.25) is 0 Å². The molecule has 1 aromatic carbocycles. The van der Waals surface area contributed by atoms with E-state index in [9.17, 15) is 18.0 Å². The van der Waals surface area contributed by atoms with Gasteiger partial charge in [0.1, 0.15) is 11.3 Å². The Hall–Kier alpha value is -2.51. The van der Waals surface area contributed by atoms with E-state index in [4.69, 9.17) is 5.73 Å². The van der Waals surface area contributed by atoms with Crippen LogP contribution in [0.4, 0.5) is 18.9 Å². The summed E-state index contributed by atoms with van der Waals surface area (Å²) in [5.41, 5.74) is 6.37. The van der Waals surface area contributed by atoms with Crippen LogP contribution in [-0.2, 0) is 4.74 Å². The Balaban J connectivity index is 2.41. The minimum Gasteiger partial charge on any atom is -0.484 e. The standard InChI is InChI=1S/C13H11F3N2O3/c1-20-12(19)9-5-18-10-3-2-7(4-8(10)11(9)17)21-6-13(14,15)16/h2-5H,6H2,1H3,(H2,17,18). The van der Waals surface area contributed by atoms with Crippen molar-refractivity contribution in [1.29, 1.82) is 0 Å². The molecule has 0 amide bonds. The van der Waals surface area contributed by atoms with E-state index in [0.717, 1.165) is 0 Å². The molecule has 0 bridgehead atoms. The molecule has 0 unspecified atom stereocenters. The minimum atomic E-state index is -4.44. The minimum absolute atomic E-state index is 0.0182. The van der Waals surface area contributed by atoms with E-state index in [0.29, 0.717) is 10.9 Å². The van der Waals surface area contributed by atoms with E-state index in [2.05, 4.69) is 14.5 Å². The smallest absolute Gasteiger partial charge is 0.422 e. The summed E-state index contributed by atoms with van der Waals surface area (Å²) >= 11 is 0. The third-order valence-corrected chi connectivity index (χ3v) is 2.69. The average molecular weight is 300 g/mol. The number of nitrogen functional groups attached to an aromatic ring is 1. The van der Waals surface area contributed by atoms with Gasteiger partial charge in [-0.25, -0.2) is 4.79 Å². The number of hydrogen-bond acceptors (Lipinski definition) is 5. The number of carbonyl (C=O) groups excluding carboxylic acids is 1. The van der Waals surface area contributed by atoms with Crippen molar-refractivity contribution in [2.24, 2.45) is 0 Å². The summed E-state index contributed by atoms with van der Waals surface area (Å²) in [5, 5.41) is 0.317. The van der Waals surface area contributed by atoms with Gasteiger partial charge in [-0.05, 0) is 18.2 Å². The van der Waals surface area contributed by atoms with Crippen LogP contribution in [0, 0.1) is 0 Å². The topological polar surface area (TPSA) is 74.4 Å². The molecule has 112 valence electrons. The molecule has 0 atom stereocenters. The fourth-order valence-electron chi connectivity index (χ4n) is 1.72. The van der Waals surface area contributed by atoms with Gasteiger partial charge in [0.2, 0.25) is 0 Å². The predicted molar refractivity (Wildman–Crippen MR) is 69.0 cm³/mol. The number of carbonyl (C=O) groups is 1. The third kappa shape index (κ3) is 3.33. The molecule has 1 heterocycles. The highest BCUT2D eigenvalue weighted by Gasteiger charge is 2.28. The first kappa shape index (κ1) is 14.9. The zero-order chi connectivity index (χ0) is 15.6. The maximum atomic E-state index is 12.1. The van der Waals surface area contributed by atoms with Gasteiger partial charge in [0.25, 0.3) is 0 Å². The van der Waals surface area contributed by atoms with E-state index >= 15 is 0 Å². The van der Waals surface area contributed by atoms with Gasteiger partial charge in [-0.1, -0.05) is 0 Å².